The molecule has 126 valence electrons. The first kappa shape index (κ1) is 10.4. The summed E-state index contributed by atoms with van der Waals surface area (Å²) in [6, 6.07) is 3.44. The number of hydrogen-bond acceptors (Lipinski definition) is 2. The molecule has 23 heavy (non-hydrogen) atoms. The highest BCUT2D eigenvalue weighted by Crippen LogP contribution is 2.53. The maximum atomic E-state index is 10.8. The lowest BCUT2D eigenvalue weighted by atomic mass is 9.68. The van der Waals surface area contributed by atoms with E-state index in [1.807, 2.05) is 13.0 Å². The van der Waals surface area contributed by atoms with Gasteiger partial charge in [-0.3, -0.25) is 0 Å². The van der Waals surface area contributed by atoms with Crippen molar-refractivity contribution in [3.8, 4) is 11.5 Å². The van der Waals surface area contributed by atoms with Gasteiger partial charge in [0.25, 0.3) is 0 Å². The van der Waals surface area contributed by atoms with Crippen LogP contribution in [0.1, 0.15) is 84.9 Å². The average Bonchev–Trinajstić information content (AvgIpc) is 2.58. The van der Waals surface area contributed by atoms with E-state index in [0.29, 0.717) is 18.4 Å². The summed E-state index contributed by atoms with van der Waals surface area (Å²) in [5.74, 6) is -1.02. The van der Waals surface area contributed by atoms with Crippen molar-refractivity contribution in [1.29, 1.82) is 0 Å². The molecular weight excluding hydrogens is 284 g/mol. The second kappa shape index (κ2) is 6.22. The predicted octanol–water partition coefficient (Wildman–Crippen LogP) is 5.74. The van der Waals surface area contributed by atoms with Gasteiger partial charge in [-0.1, -0.05) is 31.4 Å². The second-order valence-corrected chi connectivity index (χ2v) is 7.01. The lowest BCUT2D eigenvalue weighted by Gasteiger charge is -2.46. The highest BCUT2D eigenvalue weighted by molar-refractivity contribution is 5.53. The average molecular weight is 321 g/mol. The van der Waals surface area contributed by atoms with Crippen LogP contribution in [0.2, 0.25) is 0 Å². The third-order valence-corrected chi connectivity index (χ3v) is 5.12. The first-order valence-electron chi connectivity index (χ1n) is 11.6. The molecule has 2 nitrogen and oxygen atoms in total. The summed E-state index contributed by atoms with van der Waals surface area (Å²) < 4.78 is 54.9. The molecule has 1 aromatic rings. The Kier molecular flexibility index (Phi) is 2.82. The first-order chi connectivity index (χ1) is 13.4. The molecule has 1 aliphatic heterocycles. The van der Waals surface area contributed by atoms with Crippen LogP contribution in [0.25, 0.3) is 0 Å². The molecule has 0 unspecified atom stereocenters. The van der Waals surface area contributed by atoms with E-state index in [0.717, 1.165) is 36.8 Å². The summed E-state index contributed by atoms with van der Waals surface area (Å²) in [5, 5.41) is 10.8. The Balaban J connectivity index is 2.20. The first-order valence-corrected chi connectivity index (χ1v) is 8.64. The zero-order valence-corrected chi connectivity index (χ0v) is 14.0. The molecule has 0 radical (unpaired) electrons. The minimum atomic E-state index is -2.84. The number of unbranched alkanes of at least 4 members (excludes halogenated alkanes) is 2. The van der Waals surface area contributed by atoms with Crippen molar-refractivity contribution in [1.82, 2.24) is 0 Å². The van der Waals surface area contributed by atoms with Crippen LogP contribution in [0, 0.1) is 5.92 Å². The third-order valence-electron chi connectivity index (χ3n) is 5.12. The van der Waals surface area contributed by atoms with Crippen molar-refractivity contribution in [2.24, 2.45) is 5.92 Å². The molecule has 0 saturated heterocycles. The molecule has 0 spiro atoms. The van der Waals surface area contributed by atoms with Crippen LogP contribution in [-0.2, 0) is 6.42 Å². The van der Waals surface area contributed by atoms with E-state index in [-0.39, 0.29) is 11.5 Å². The van der Waals surface area contributed by atoms with E-state index >= 15 is 0 Å². The minimum Gasteiger partial charge on any atom is -0.507 e. The molecule has 0 aromatic heterocycles. The quantitative estimate of drug-likeness (QED) is 0.566. The minimum absolute atomic E-state index is 0.0552. The van der Waals surface area contributed by atoms with E-state index in [4.69, 9.17) is 13.0 Å². The Hall–Kier alpha value is -1.44. The van der Waals surface area contributed by atoms with Crippen molar-refractivity contribution in [3.05, 3.63) is 34.9 Å². The topological polar surface area (TPSA) is 29.5 Å². The summed E-state index contributed by atoms with van der Waals surface area (Å²) in [6.45, 7) is -1.63. The maximum absolute atomic E-state index is 10.8. The molecule has 3 rings (SSSR count). The number of aromatic hydroxyl groups is 1. The van der Waals surface area contributed by atoms with Gasteiger partial charge in [-0.15, -0.1) is 0 Å². The van der Waals surface area contributed by atoms with Crippen molar-refractivity contribution >= 4 is 0 Å². The molecule has 2 atom stereocenters. The number of ether oxygens (including phenoxy) is 1. The molecular formula is C21H30O2. The summed E-state index contributed by atoms with van der Waals surface area (Å²) in [4.78, 5) is 0. The highest BCUT2D eigenvalue weighted by atomic mass is 16.5. The van der Waals surface area contributed by atoms with Crippen molar-refractivity contribution in [2.75, 3.05) is 0 Å². The van der Waals surface area contributed by atoms with Gasteiger partial charge in [0.2, 0.25) is 0 Å². The molecule has 1 aromatic carbocycles. The van der Waals surface area contributed by atoms with E-state index in [1.165, 1.54) is 0 Å². The van der Waals surface area contributed by atoms with Gasteiger partial charge in [0, 0.05) is 25.6 Å². The molecule has 1 aliphatic carbocycles. The van der Waals surface area contributed by atoms with Gasteiger partial charge >= 0.3 is 0 Å². The fourth-order valence-corrected chi connectivity index (χ4v) is 3.87. The number of phenolic OH excluding ortho intramolecular Hbond substituents is 1. The van der Waals surface area contributed by atoms with Crippen LogP contribution in [0.15, 0.2) is 23.8 Å². The molecule has 2 aliphatic rings. The second-order valence-electron chi connectivity index (χ2n) is 7.01. The van der Waals surface area contributed by atoms with Crippen LogP contribution in [0.4, 0.5) is 0 Å². The lowest BCUT2D eigenvalue weighted by Crippen LogP contribution is -2.45. The fourth-order valence-electron chi connectivity index (χ4n) is 3.87. The number of benzene rings is 1. The predicted molar refractivity (Wildman–Crippen MR) is 95.3 cm³/mol. The van der Waals surface area contributed by atoms with Gasteiger partial charge in [0.1, 0.15) is 17.1 Å². The molecule has 0 bridgehead atoms. The number of aryl methyl sites for hydroxylation is 1. The van der Waals surface area contributed by atoms with E-state index in [2.05, 4.69) is 6.92 Å². The van der Waals surface area contributed by atoms with Crippen molar-refractivity contribution in [3.63, 3.8) is 0 Å². The van der Waals surface area contributed by atoms with E-state index in [1.54, 1.807) is 12.1 Å². The monoisotopic (exact) mass is 320 g/mol. The largest absolute Gasteiger partial charge is 0.507 e. The molecule has 1 N–H and O–H groups in total. The Morgan fingerprint density at radius 3 is 2.91 bits per heavy atom. The number of fused-ring (bicyclic) bond motifs is 3. The van der Waals surface area contributed by atoms with Gasteiger partial charge in [0.15, 0.2) is 0 Å². The fraction of sp³-hybridized carbons (Fsp3) is 0.619. The van der Waals surface area contributed by atoms with Gasteiger partial charge < -0.3 is 9.84 Å². The van der Waals surface area contributed by atoms with Crippen LogP contribution >= 0.6 is 0 Å². The van der Waals surface area contributed by atoms with E-state index in [9.17, 15) is 5.11 Å². The summed E-state index contributed by atoms with van der Waals surface area (Å²) in [6.07, 6.45) is 6.67. The lowest BCUT2D eigenvalue weighted by molar-refractivity contribution is 0.0107. The van der Waals surface area contributed by atoms with Crippen LogP contribution in [0.5, 0.6) is 11.5 Å². The van der Waals surface area contributed by atoms with Crippen LogP contribution < -0.4 is 4.74 Å². The van der Waals surface area contributed by atoms with Crippen molar-refractivity contribution in [2.45, 2.75) is 77.6 Å². The Morgan fingerprint density at radius 1 is 1.35 bits per heavy atom. The summed E-state index contributed by atoms with van der Waals surface area (Å²) in [5.41, 5.74) is 0.103. The van der Waals surface area contributed by atoms with Gasteiger partial charge in [-0.05, 0) is 64.0 Å². The molecule has 0 fully saturated rings. The van der Waals surface area contributed by atoms with E-state index < -0.39 is 31.1 Å². The zero-order valence-electron chi connectivity index (χ0n) is 20.0. The van der Waals surface area contributed by atoms with Gasteiger partial charge in [0.05, 0.1) is 0 Å². The Morgan fingerprint density at radius 2 is 2.17 bits per heavy atom. The Bertz CT molecular complexity index is 780. The highest BCUT2D eigenvalue weighted by Gasteiger charge is 2.45. The van der Waals surface area contributed by atoms with Crippen LogP contribution in [0.3, 0.4) is 0 Å². The molecule has 2 heteroatoms. The van der Waals surface area contributed by atoms with Crippen molar-refractivity contribution < 1.29 is 18.1 Å². The third kappa shape index (κ3) is 3.13. The SMILES string of the molecule is [2H]C([2H])([2H])C1(C([2H])([2H])[2H])Oc2cc(CCCCC)cc(O)c2[C@@H]2C=C(C)CC[C@H]21. The zero-order chi connectivity index (χ0) is 21.6. The van der Waals surface area contributed by atoms with Gasteiger partial charge in [-0.25, -0.2) is 0 Å². The number of hydrogen-bond donors (Lipinski definition) is 1. The molecule has 0 amide bonds. The van der Waals surface area contributed by atoms with Crippen LogP contribution in [-0.4, -0.2) is 10.7 Å². The normalized spacial score (nSPS) is 30.1. The number of rotatable bonds is 4. The summed E-state index contributed by atoms with van der Waals surface area (Å²) in [7, 11) is 0. The smallest absolute Gasteiger partial charge is 0.127 e. The Labute approximate surface area is 149 Å². The maximum Gasteiger partial charge on any atom is 0.127 e. The molecule has 0 saturated carbocycles. The number of allylic oxidation sites excluding steroid dienone is 2. The van der Waals surface area contributed by atoms with Gasteiger partial charge in [-0.2, -0.15) is 0 Å². The standard InChI is InChI=1S/C21H30O2/c1-5-6-7-8-15-12-18(22)20-16-11-14(2)9-10-17(16)21(3,4)23-19(20)13-15/h11-13,16-17,22H,5-10H2,1-4H3/t16-,17-/m1/s1/i3D3,4D3. The summed E-state index contributed by atoms with van der Waals surface area (Å²) >= 11 is 0. The number of phenols is 1. The molecule has 1 heterocycles.